The molecule has 4 aliphatic carbocycles. The number of fused-ring (bicyclic) bond motifs is 5. The third-order valence-electron chi connectivity index (χ3n) is 15.1. The van der Waals surface area contributed by atoms with E-state index in [1.807, 2.05) is 12.1 Å². The van der Waals surface area contributed by atoms with Crippen molar-refractivity contribution >= 4 is 0 Å². The fourth-order valence-corrected chi connectivity index (χ4v) is 12.1. The van der Waals surface area contributed by atoms with Gasteiger partial charge in [-0.15, -0.1) is 0 Å². The van der Waals surface area contributed by atoms with Crippen LogP contribution in [0.25, 0.3) is 0 Å². The van der Waals surface area contributed by atoms with E-state index in [0.717, 1.165) is 93.8 Å². The zero-order valence-corrected chi connectivity index (χ0v) is 34.3. The summed E-state index contributed by atoms with van der Waals surface area (Å²) < 4.78 is 5.11. The minimum Gasteiger partial charge on any atom is -0.504 e. The Bertz CT molecular complexity index is 1200. The lowest BCUT2D eigenvalue weighted by Crippen LogP contribution is -2.59. The summed E-state index contributed by atoms with van der Waals surface area (Å²) >= 11 is 0. The molecule has 0 saturated heterocycles. The molecule has 1 aromatic carbocycles. The van der Waals surface area contributed by atoms with Gasteiger partial charge in [-0.1, -0.05) is 59.9 Å². The third-order valence-corrected chi connectivity index (χ3v) is 15.1. The number of ether oxygens (including phenoxy) is 1. The second kappa shape index (κ2) is 20.0. The minimum atomic E-state index is -0.0921. The molecule has 4 saturated carbocycles. The van der Waals surface area contributed by atoms with Crippen LogP contribution in [0.1, 0.15) is 136 Å². The summed E-state index contributed by atoms with van der Waals surface area (Å²) in [6, 6.07) is 6.18. The standard InChI is InChI=1S/C45H80N4O3/c1-32(2)12-9-13-33(3)37-15-16-38-43-39(19-21-45(37,38)5)44(4)20-18-36(29-35(44)30-41(43)51)49-27-11-25-47-23-8-7-22-46-24-10-26-48-31-34-14-17-42(52-6)40(50)28-34/h14,17,28,32-33,35-39,41,43,46-51H,7-13,15-16,18-27,29-31H2,1-6H3/t33-,35+,36+,37-,38?,39?,41-,43?,44+,45-/m1/s1. The quantitative estimate of drug-likeness (QED) is 0.0671. The number of unbranched alkanes of at least 4 members (excludes halogenated alkanes) is 1. The molecule has 298 valence electrons. The Labute approximate surface area is 319 Å². The zero-order chi connectivity index (χ0) is 37.1. The Balaban J connectivity index is 0.901. The van der Waals surface area contributed by atoms with Gasteiger partial charge in [-0.25, -0.2) is 0 Å². The fraction of sp³-hybridized carbons (Fsp3) is 0.867. The second-order valence-electron chi connectivity index (χ2n) is 18.8. The first-order valence-electron chi connectivity index (χ1n) is 22.0. The van der Waals surface area contributed by atoms with E-state index in [-0.39, 0.29) is 11.9 Å². The molecule has 52 heavy (non-hydrogen) atoms. The average Bonchev–Trinajstić information content (AvgIpc) is 3.47. The molecule has 0 spiro atoms. The van der Waals surface area contributed by atoms with Gasteiger partial charge in [-0.3, -0.25) is 0 Å². The Morgan fingerprint density at radius 1 is 0.769 bits per heavy atom. The summed E-state index contributed by atoms with van der Waals surface area (Å²) in [5.41, 5.74) is 1.92. The van der Waals surface area contributed by atoms with E-state index in [4.69, 9.17) is 4.74 Å². The molecule has 4 aliphatic rings. The Kier molecular flexibility index (Phi) is 16.1. The van der Waals surface area contributed by atoms with Crippen molar-refractivity contribution in [1.29, 1.82) is 0 Å². The normalized spacial score (nSPS) is 33.4. The molecule has 0 aromatic heterocycles. The van der Waals surface area contributed by atoms with Crippen LogP contribution in [0.4, 0.5) is 0 Å². The number of hydrogen-bond acceptors (Lipinski definition) is 7. The van der Waals surface area contributed by atoms with Gasteiger partial charge in [0.15, 0.2) is 11.5 Å². The molecular weight excluding hydrogens is 645 g/mol. The predicted octanol–water partition coefficient (Wildman–Crippen LogP) is 8.28. The van der Waals surface area contributed by atoms with Gasteiger partial charge in [0, 0.05) is 12.6 Å². The van der Waals surface area contributed by atoms with Crippen molar-refractivity contribution in [2.75, 3.05) is 46.4 Å². The number of aromatic hydroxyl groups is 1. The van der Waals surface area contributed by atoms with Gasteiger partial charge in [0.05, 0.1) is 13.2 Å². The molecule has 4 fully saturated rings. The van der Waals surface area contributed by atoms with Gasteiger partial charge in [-0.2, -0.15) is 0 Å². The SMILES string of the molecule is COc1ccc(CNCCCNCCCCNCCCN[C@H]2CC[C@]3(C)C4CC[C@@]5(C)C(CC[C@@H]5[C@H](C)CCCC(C)C)C4[C@H](O)C[C@@H]3C2)cc1O. The number of nitrogens with one attached hydrogen (secondary N) is 4. The van der Waals surface area contributed by atoms with Crippen LogP contribution in [-0.2, 0) is 6.54 Å². The molecule has 0 bridgehead atoms. The first-order chi connectivity index (χ1) is 25.1. The molecule has 3 unspecified atom stereocenters. The van der Waals surface area contributed by atoms with E-state index in [1.54, 1.807) is 13.2 Å². The largest absolute Gasteiger partial charge is 0.504 e. The molecule has 5 rings (SSSR count). The summed E-state index contributed by atoms with van der Waals surface area (Å²) in [7, 11) is 1.57. The van der Waals surface area contributed by atoms with Gasteiger partial charge >= 0.3 is 0 Å². The van der Waals surface area contributed by atoms with Gasteiger partial charge in [-0.05, 0) is 186 Å². The monoisotopic (exact) mass is 725 g/mol. The second-order valence-corrected chi connectivity index (χ2v) is 18.8. The maximum Gasteiger partial charge on any atom is 0.160 e. The highest BCUT2D eigenvalue weighted by Gasteiger charge is 2.62. The number of methoxy groups -OCH3 is 1. The molecular formula is C45H80N4O3. The average molecular weight is 725 g/mol. The van der Waals surface area contributed by atoms with Crippen molar-refractivity contribution in [2.24, 2.45) is 52.3 Å². The number of aliphatic hydroxyl groups is 1. The van der Waals surface area contributed by atoms with Gasteiger partial charge in [0.25, 0.3) is 0 Å². The summed E-state index contributed by atoms with van der Waals surface area (Å²) in [5, 5.41) is 36.4. The molecule has 0 amide bonds. The number of aliphatic hydroxyl groups excluding tert-OH is 1. The van der Waals surface area contributed by atoms with E-state index in [9.17, 15) is 10.2 Å². The van der Waals surface area contributed by atoms with Crippen molar-refractivity contribution in [1.82, 2.24) is 21.3 Å². The summed E-state index contributed by atoms with van der Waals surface area (Å²) in [6.45, 7) is 19.7. The number of hydrogen-bond donors (Lipinski definition) is 6. The molecule has 7 heteroatoms. The van der Waals surface area contributed by atoms with Crippen molar-refractivity contribution in [3.8, 4) is 11.5 Å². The van der Waals surface area contributed by atoms with Crippen LogP contribution in [0.2, 0.25) is 0 Å². The van der Waals surface area contributed by atoms with Crippen molar-refractivity contribution < 1.29 is 14.9 Å². The Morgan fingerprint density at radius 2 is 1.44 bits per heavy atom. The maximum absolute atomic E-state index is 11.9. The Hall–Kier alpha value is -1.38. The van der Waals surface area contributed by atoms with Crippen LogP contribution in [-0.4, -0.2) is 68.7 Å². The highest BCUT2D eigenvalue weighted by molar-refractivity contribution is 5.41. The Morgan fingerprint density at radius 3 is 2.15 bits per heavy atom. The van der Waals surface area contributed by atoms with E-state index in [1.165, 1.54) is 83.5 Å². The van der Waals surface area contributed by atoms with Crippen LogP contribution in [0.15, 0.2) is 18.2 Å². The number of benzene rings is 1. The first-order valence-corrected chi connectivity index (χ1v) is 22.0. The zero-order valence-electron chi connectivity index (χ0n) is 34.3. The molecule has 0 radical (unpaired) electrons. The highest BCUT2D eigenvalue weighted by atomic mass is 16.5. The summed E-state index contributed by atoms with van der Waals surface area (Å²) in [4.78, 5) is 0. The van der Waals surface area contributed by atoms with Crippen LogP contribution in [0, 0.1) is 52.3 Å². The smallest absolute Gasteiger partial charge is 0.160 e. The first kappa shape index (κ1) is 41.8. The van der Waals surface area contributed by atoms with Crippen molar-refractivity contribution in [3.63, 3.8) is 0 Å². The summed E-state index contributed by atoms with van der Waals surface area (Å²) in [5.74, 6) is 5.88. The maximum atomic E-state index is 11.9. The summed E-state index contributed by atoms with van der Waals surface area (Å²) in [6.07, 6.45) is 19.2. The van der Waals surface area contributed by atoms with Gasteiger partial charge < -0.3 is 36.2 Å². The van der Waals surface area contributed by atoms with E-state index >= 15 is 0 Å². The number of phenols is 1. The molecule has 0 aliphatic heterocycles. The predicted molar refractivity (Wildman–Crippen MR) is 217 cm³/mol. The molecule has 7 nitrogen and oxygen atoms in total. The fourth-order valence-electron chi connectivity index (χ4n) is 12.1. The number of rotatable bonds is 22. The molecule has 10 atom stereocenters. The van der Waals surface area contributed by atoms with Crippen LogP contribution < -0.4 is 26.0 Å². The van der Waals surface area contributed by atoms with Gasteiger partial charge in [0.2, 0.25) is 0 Å². The highest BCUT2D eigenvalue weighted by Crippen LogP contribution is 2.68. The van der Waals surface area contributed by atoms with E-state index < -0.39 is 0 Å². The lowest BCUT2D eigenvalue weighted by molar-refractivity contribution is -0.167. The lowest BCUT2D eigenvalue weighted by Gasteiger charge is -2.62. The van der Waals surface area contributed by atoms with Crippen molar-refractivity contribution in [3.05, 3.63) is 23.8 Å². The third kappa shape index (κ3) is 10.5. The van der Waals surface area contributed by atoms with E-state index in [0.29, 0.717) is 34.5 Å². The van der Waals surface area contributed by atoms with Crippen LogP contribution >= 0.6 is 0 Å². The van der Waals surface area contributed by atoms with Crippen LogP contribution in [0.5, 0.6) is 11.5 Å². The molecule has 6 N–H and O–H groups in total. The van der Waals surface area contributed by atoms with Gasteiger partial charge in [0.1, 0.15) is 0 Å². The van der Waals surface area contributed by atoms with Crippen LogP contribution in [0.3, 0.4) is 0 Å². The topological polar surface area (TPSA) is 97.8 Å². The van der Waals surface area contributed by atoms with E-state index in [2.05, 4.69) is 55.9 Å². The minimum absolute atomic E-state index is 0.0921. The van der Waals surface area contributed by atoms with Crippen molar-refractivity contribution in [2.45, 2.75) is 150 Å². The molecule has 1 aromatic rings. The molecule has 0 heterocycles. The lowest BCUT2D eigenvalue weighted by atomic mass is 9.43. The number of phenolic OH excluding ortho intramolecular Hbond substituents is 1.